The third-order valence-electron chi connectivity index (χ3n) is 5.48. The molecule has 7 heteroatoms. The lowest BCUT2D eigenvalue weighted by atomic mass is 10.1. The zero-order valence-electron chi connectivity index (χ0n) is 17.0. The van der Waals surface area contributed by atoms with Gasteiger partial charge in [-0.05, 0) is 84.1 Å². The lowest BCUT2D eigenvalue weighted by molar-refractivity contribution is -0.112. The van der Waals surface area contributed by atoms with Crippen molar-refractivity contribution >= 4 is 72.7 Å². The summed E-state index contributed by atoms with van der Waals surface area (Å²) in [7, 11) is 0. The number of aromatic nitrogens is 2. The van der Waals surface area contributed by atoms with E-state index >= 15 is 0 Å². The number of likely N-dealkylation sites (N-methyl/N-ethyl adjacent to an activating group) is 1. The Morgan fingerprint density at radius 3 is 2.56 bits per heavy atom. The van der Waals surface area contributed by atoms with E-state index in [2.05, 4.69) is 38.5 Å². The zero-order chi connectivity index (χ0) is 22.4. The van der Waals surface area contributed by atoms with Crippen molar-refractivity contribution in [1.82, 2.24) is 9.55 Å². The molecule has 0 bridgehead atoms. The van der Waals surface area contributed by atoms with Crippen LogP contribution in [0.5, 0.6) is 0 Å². The quantitative estimate of drug-likeness (QED) is 0.226. The molecule has 1 aliphatic heterocycles. The van der Waals surface area contributed by atoms with E-state index in [1.165, 1.54) is 0 Å². The average Bonchev–Trinajstić information content (AvgIpc) is 3.05. The maximum absolute atomic E-state index is 13.6. The van der Waals surface area contributed by atoms with Crippen molar-refractivity contribution in [3.05, 3.63) is 96.5 Å². The molecule has 0 saturated carbocycles. The van der Waals surface area contributed by atoms with E-state index in [-0.39, 0.29) is 11.5 Å². The van der Waals surface area contributed by atoms with E-state index in [0.717, 1.165) is 19.3 Å². The normalized spacial score (nSPS) is 14.4. The van der Waals surface area contributed by atoms with Crippen molar-refractivity contribution < 1.29 is 4.79 Å². The lowest BCUT2D eigenvalue weighted by Gasteiger charge is -2.14. The van der Waals surface area contributed by atoms with E-state index in [0.29, 0.717) is 34.5 Å². The van der Waals surface area contributed by atoms with E-state index in [1.807, 2.05) is 73.7 Å². The molecule has 0 aliphatic carbocycles. The van der Waals surface area contributed by atoms with Crippen molar-refractivity contribution in [1.29, 1.82) is 0 Å². The lowest BCUT2D eigenvalue weighted by Crippen LogP contribution is -2.26. The highest BCUT2D eigenvalue weighted by Gasteiger charge is 2.32. The molecule has 1 amide bonds. The summed E-state index contributed by atoms with van der Waals surface area (Å²) in [5.41, 5.74) is 3.33. The predicted octanol–water partition coefficient (Wildman–Crippen LogP) is 5.66. The number of para-hydroxylation sites is 1. The Balaban J connectivity index is 1.83. The minimum atomic E-state index is -0.168. The van der Waals surface area contributed by atoms with Gasteiger partial charge >= 0.3 is 0 Å². The van der Waals surface area contributed by atoms with Crippen molar-refractivity contribution in [2.45, 2.75) is 6.92 Å². The van der Waals surface area contributed by atoms with Gasteiger partial charge in [0.15, 0.2) is 0 Å². The topological polar surface area (TPSA) is 55.2 Å². The number of hydrogen-bond acceptors (Lipinski definition) is 3. The number of fused-ring (bicyclic) bond motifs is 2. The molecule has 0 atom stereocenters. The highest BCUT2D eigenvalue weighted by Crippen LogP contribution is 2.39. The molecule has 3 aromatic carbocycles. The second kappa shape index (κ2) is 8.29. The fourth-order valence-electron chi connectivity index (χ4n) is 4.01. The number of nitrogens with zero attached hydrogens (tertiary/aromatic N) is 3. The molecule has 32 heavy (non-hydrogen) atoms. The fourth-order valence-corrected chi connectivity index (χ4v) is 4.86. The fraction of sp³-hybridized carbons (Fsp3) is 0.0800. The van der Waals surface area contributed by atoms with Crippen molar-refractivity contribution in [2.24, 2.45) is 0 Å². The van der Waals surface area contributed by atoms with Crippen LogP contribution in [0.15, 0.2) is 76.0 Å². The van der Waals surface area contributed by atoms with Gasteiger partial charge in [-0.2, -0.15) is 0 Å². The molecular weight excluding hydrogens is 581 g/mol. The maximum atomic E-state index is 13.6. The number of carbonyl (C=O) groups is 1. The van der Waals surface area contributed by atoms with Crippen LogP contribution in [0.25, 0.3) is 28.2 Å². The van der Waals surface area contributed by atoms with Crippen LogP contribution in [0.1, 0.15) is 18.3 Å². The molecule has 0 unspecified atom stereocenters. The highest BCUT2D eigenvalue weighted by molar-refractivity contribution is 14.1. The Labute approximate surface area is 206 Å². The van der Waals surface area contributed by atoms with Crippen LogP contribution in [0.2, 0.25) is 0 Å². The summed E-state index contributed by atoms with van der Waals surface area (Å²) in [6.07, 6.45) is 1.73. The van der Waals surface area contributed by atoms with Gasteiger partial charge in [-0.25, -0.2) is 4.98 Å². The van der Waals surface area contributed by atoms with Gasteiger partial charge in [0.05, 0.1) is 27.9 Å². The summed E-state index contributed by atoms with van der Waals surface area (Å²) in [5, 5.41) is 0.541. The Morgan fingerprint density at radius 2 is 1.81 bits per heavy atom. The molecule has 4 aromatic rings. The molecule has 0 radical (unpaired) electrons. The van der Waals surface area contributed by atoms with Gasteiger partial charge in [0.25, 0.3) is 11.5 Å². The first kappa shape index (κ1) is 21.1. The zero-order valence-corrected chi connectivity index (χ0v) is 20.8. The van der Waals surface area contributed by atoms with E-state index in [4.69, 9.17) is 4.98 Å². The van der Waals surface area contributed by atoms with E-state index in [1.54, 1.807) is 15.5 Å². The molecule has 1 aromatic heterocycles. The maximum Gasteiger partial charge on any atom is 0.266 e. The van der Waals surface area contributed by atoms with Gasteiger partial charge in [-0.15, -0.1) is 0 Å². The molecule has 0 saturated heterocycles. The predicted molar refractivity (Wildman–Crippen MR) is 140 cm³/mol. The largest absolute Gasteiger partial charge is 0.308 e. The average molecular weight is 598 g/mol. The summed E-state index contributed by atoms with van der Waals surface area (Å²) in [5.74, 6) is 0.319. The van der Waals surface area contributed by atoms with Gasteiger partial charge in [-0.1, -0.05) is 34.1 Å². The van der Waals surface area contributed by atoms with Gasteiger partial charge in [0.1, 0.15) is 5.82 Å². The number of carbonyl (C=O) groups excluding carboxylic acids is 1. The van der Waals surface area contributed by atoms with Crippen LogP contribution in [0, 0.1) is 3.57 Å². The first-order valence-electron chi connectivity index (χ1n) is 10.1. The standard InChI is InChI=1S/C25H17BrIN3O2/c1-2-29-22-11-8-15(26)12-18(22)19(24(29)31)14-23-28-21-10-9-16(27)13-20(21)25(32)30(23)17-6-4-3-5-7-17/h3-14H,2H2,1H3/b19-14-. The SMILES string of the molecule is CCN1C(=O)/C(=C\c2nc3ccc(I)cc3c(=O)n2-c2ccccc2)c2cc(Br)ccc21. The van der Waals surface area contributed by atoms with Crippen molar-refractivity contribution in [3.8, 4) is 5.69 Å². The molecule has 0 spiro atoms. The summed E-state index contributed by atoms with van der Waals surface area (Å²) < 4.78 is 3.42. The monoisotopic (exact) mass is 597 g/mol. The molecule has 158 valence electrons. The van der Waals surface area contributed by atoms with Gasteiger partial charge < -0.3 is 4.90 Å². The Bertz CT molecular complexity index is 1480. The van der Waals surface area contributed by atoms with Gasteiger partial charge in [0.2, 0.25) is 0 Å². The minimum absolute atomic E-state index is 0.0998. The Kier molecular flexibility index (Phi) is 5.46. The first-order valence-corrected chi connectivity index (χ1v) is 12.0. The number of amides is 1. The third kappa shape index (κ3) is 3.49. The molecule has 5 rings (SSSR count). The summed E-state index contributed by atoms with van der Waals surface area (Å²) in [4.78, 5) is 33.4. The van der Waals surface area contributed by atoms with E-state index in [9.17, 15) is 9.59 Å². The van der Waals surface area contributed by atoms with Crippen LogP contribution in [-0.4, -0.2) is 22.0 Å². The number of hydrogen-bond donors (Lipinski definition) is 0. The number of rotatable bonds is 3. The number of benzene rings is 3. The second-order valence-corrected chi connectivity index (χ2v) is 9.54. The van der Waals surface area contributed by atoms with Crippen LogP contribution in [0.4, 0.5) is 5.69 Å². The number of halogens is 2. The first-order chi connectivity index (χ1) is 15.5. The molecule has 0 N–H and O–H groups in total. The van der Waals surface area contributed by atoms with Crippen LogP contribution >= 0.6 is 38.5 Å². The van der Waals surface area contributed by atoms with Gasteiger partial charge in [0, 0.05) is 20.2 Å². The van der Waals surface area contributed by atoms with Crippen LogP contribution < -0.4 is 10.5 Å². The van der Waals surface area contributed by atoms with Gasteiger partial charge in [-0.3, -0.25) is 14.2 Å². The van der Waals surface area contributed by atoms with Crippen LogP contribution in [-0.2, 0) is 4.79 Å². The van der Waals surface area contributed by atoms with Crippen molar-refractivity contribution in [2.75, 3.05) is 11.4 Å². The Hall–Kier alpha value is -2.78. The second-order valence-electron chi connectivity index (χ2n) is 7.38. The Morgan fingerprint density at radius 1 is 1.03 bits per heavy atom. The number of anilines is 1. The highest BCUT2D eigenvalue weighted by atomic mass is 127. The molecule has 0 fully saturated rings. The molecule has 2 heterocycles. The van der Waals surface area contributed by atoms with E-state index < -0.39 is 0 Å². The smallest absolute Gasteiger partial charge is 0.266 e. The molecule has 1 aliphatic rings. The summed E-state index contributed by atoms with van der Waals surface area (Å²) in [6.45, 7) is 2.50. The minimum Gasteiger partial charge on any atom is -0.308 e. The van der Waals surface area contributed by atoms with Crippen molar-refractivity contribution in [3.63, 3.8) is 0 Å². The summed E-state index contributed by atoms with van der Waals surface area (Å²) in [6, 6.07) is 20.8. The van der Waals surface area contributed by atoms with Crippen LogP contribution in [0.3, 0.4) is 0 Å². The summed E-state index contributed by atoms with van der Waals surface area (Å²) >= 11 is 5.70. The molecule has 5 nitrogen and oxygen atoms in total. The molecular formula is C25H17BrIN3O2. The third-order valence-corrected chi connectivity index (χ3v) is 6.64.